The Balaban J connectivity index is 1.67. The molecule has 0 radical (unpaired) electrons. The topological polar surface area (TPSA) is 214 Å². The number of unbranched alkanes of at least 4 members (excludes halogenated alkanes) is 27. The minimum Gasteiger partial charge on any atom is -0.457 e. The van der Waals surface area contributed by atoms with Crippen LogP contribution < -0.4 is 0 Å². The molecule has 470 valence electrons. The molecule has 14 heteroatoms. The van der Waals surface area contributed by atoms with Gasteiger partial charge in [-0.2, -0.15) is 0 Å². The second kappa shape index (κ2) is 52.9. The average Bonchev–Trinajstić information content (AvgIpc) is 3.60. The molecule has 2 aliphatic rings. The van der Waals surface area contributed by atoms with Crippen LogP contribution in [-0.4, -0.2) is 142 Å². The van der Waals surface area contributed by atoms with E-state index in [2.05, 4.69) is 86.8 Å². The molecule has 2 heterocycles. The number of carbonyl (C=O) groups excluding carboxylic acids is 1. The van der Waals surface area contributed by atoms with Crippen molar-refractivity contribution in [1.29, 1.82) is 0 Å². The van der Waals surface area contributed by atoms with Gasteiger partial charge in [0.1, 0.15) is 54.9 Å². The summed E-state index contributed by atoms with van der Waals surface area (Å²) in [5, 5.41) is 72.5. The minimum absolute atomic E-state index is 0.0556. The van der Waals surface area contributed by atoms with Crippen LogP contribution in [0.2, 0.25) is 0 Å². The molecule has 14 nitrogen and oxygen atoms in total. The third-order valence-electron chi connectivity index (χ3n) is 15.2. The summed E-state index contributed by atoms with van der Waals surface area (Å²) in [6.07, 6.45) is 52.5. The molecule has 2 saturated heterocycles. The summed E-state index contributed by atoms with van der Waals surface area (Å²) in [4.78, 5) is 13.1. The molecule has 0 amide bonds. The van der Waals surface area contributed by atoms with Crippen LogP contribution >= 0.6 is 0 Å². The van der Waals surface area contributed by atoms with Gasteiger partial charge in [0, 0.05) is 13.0 Å². The number of aliphatic hydroxyl groups is 7. The fourth-order valence-electron chi connectivity index (χ4n) is 10.0. The maximum absolute atomic E-state index is 13.1. The van der Waals surface area contributed by atoms with Crippen molar-refractivity contribution in [3.8, 4) is 0 Å². The second-order valence-corrected chi connectivity index (χ2v) is 22.6. The largest absolute Gasteiger partial charge is 0.457 e. The molecule has 2 aliphatic heterocycles. The van der Waals surface area contributed by atoms with Crippen molar-refractivity contribution in [1.82, 2.24) is 0 Å². The molecule has 11 unspecified atom stereocenters. The Morgan fingerprint density at radius 3 is 1.27 bits per heavy atom. The third kappa shape index (κ3) is 38.9. The van der Waals surface area contributed by atoms with Crippen LogP contribution in [0, 0.1) is 0 Å². The van der Waals surface area contributed by atoms with Gasteiger partial charge in [0.2, 0.25) is 0 Å². The maximum atomic E-state index is 13.1. The van der Waals surface area contributed by atoms with E-state index in [1.54, 1.807) is 0 Å². The van der Waals surface area contributed by atoms with E-state index in [0.29, 0.717) is 13.0 Å². The van der Waals surface area contributed by atoms with Gasteiger partial charge in [0.05, 0.1) is 26.4 Å². The Hall–Kier alpha value is -2.57. The number of allylic oxidation sites excluding steroid dienone is 12. The monoisotopic (exact) mass is 1150 g/mol. The SMILES string of the molecule is CC/C=C\C/C=C\C/C=C\C/C=C\C/C=C\CCCCCCCCCCCCOCC(COC1OC(COC2OC(CO)C(O)C(O)C2O)C(O)C(O)C1O)OC(=O)CCCCCCCCCCC/C=C\CCCCCCCCCC. The Labute approximate surface area is 491 Å². The van der Waals surface area contributed by atoms with E-state index in [1.807, 2.05) is 0 Å². The molecule has 81 heavy (non-hydrogen) atoms. The van der Waals surface area contributed by atoms with Crippen LogP contribution in [0.1, 0.15) is 245 Å². The number of hydrogen-bond acceptors (Lipinski definition) is 14. The first-order valence-corrected chi connectivity index (χ1v) is 32.5. The lowest BCUT2D eigenvalue weighted by molar-refractivity contribution is -0.332. The van der Waals surface area contributed by atoms with Gasteiger partial charge in [-0.1, -0.05) is 228 Å². The fourth-order valence-corrected chi connectivity index (χ4v) is 10.0. The summed E-state index contributed by atoms with van der Waals surface area (Å²) in [6, 6.07) is 0. The minimum atomic E-state index is -1.71. The molecule has 0 aliphatic carbocycles. The smallest absolute Gasteiger partial charge is 0.306 e. The van der Waals surface area contributed by atoms with E-state index in [0.717, 1.165) is 77.0 Å². The van der Waals surface area contributed by atoms with Crippen molar-refractivity contribution in [3.05, 3.63) is 72.9 Å². The summed E-state index contributed by atoms with van der Waals surface area (Å²) >= 11 is 0. The zero-order valence-electron chi connectivity index (χ0n) is 50.8. The first-order chi connectivity index (χ1) is 39.6. The van der Waals surface area contributed by atoms with E-state index in [4.69, 9.17) is 28.4 Å². The highest BCUT2D eigenvalue weighted by Crippen LogP contribution is 2.27. The lowest BCUT2D eigenvalue weighted by Crippen LogP contribution is -2.61. The summed E-state index contributed by atoms with van der Waals surface area (Å²) < 4.78 is 34.5. The molecular weight excluding hydrogens is 1030 g/mol. The number of aliphatic hydroxyl groups excluding tert-OH is 7. The van der Waals surface area contributed by atoms with Gasteiger partial charge in [-0.15, -0.1) is 0 Å². The van der Waals surface area contributed by atoms with Crippen LogP contribution in [0.5, 0.6) is 0 Å². The number of esters is 1. The van der Waals surface area contributed by atoms with Gasteiger partial charge in [-0.3, -0.25) is 4.79 Å². The first-order valence-electron chi connectivity index (χ1n) is 32.5. The summed E-state index contributed by atoms with van der Waals surface area (Å²) in [7, 11) is 0. The zero-order valence-corrected chi connectivity index (χ0v) is 50.8. The zero-order chi connectivity index (χ0) is 58.6. The number of carbonyl (C=O) groups is 1. The molecule has 0 aromatic heterocycles. The lowest BCUT2D eigenvalue weighted by atomic mass is 9.98. The van der Waals surface area contributed by atoms with Crippen molar-refractivity contribution in [2.75, 3.05) is 33.0 Å². The van der Waals surface area contributed by atoms with Gasteiger partial charge in [-0.05, 0) is 83.5 Å². The Bertz CT molecular complexity index is 1610. The normalized spacial score (nSPS) is 24.2. The van der Waals surface area contributed by atoms with E-state index >= 15 is 0 Å². The molecule has 11 atom stereocenters. The molecule has 0 spiro atoms. The molecular formula is C67H118O14. The fraction of sp³-hybridized carbons (Fsp3) is 0.806. The quantitative estimate of drug-likeness (QED) is 0.0172. The van der Waals surface area contributed by atoms with E-state index in [1.165, 1.54) is 141 Å². The maximum Gasteiger partial charge on any atom is 0.306 e. The number of hydrogen-bond donors (Lipinski definition) is 7. The second-order valence-electron chi connectivity index (χ2n) is 22.6. The highest BCUT2D eigenvalue weighted by Gasteiger charge is 2.47. The van der Waals surface area contributed by atoms with Crippen LogP contribution in [0.15, 0.2) is 72.9 Å². The van der Waals surface area contributed by atoms with Crippen LogP contribution in [0.25, 0.3) is 0 Å². The average molecular weight is 1150 g/mol. The van der Waals surface area contributed by atoms with Gasteiger partial charge >= 0.3 is 5.97 Å². The molecule has 0 saturated carbocycles. The standard InChI is InChI=1S/C67H118O14/c1-3-5-7-9-11-13-15-17-19-21-23-25-26-27-28-29-31-33-35-37-39-41-43-45-47-49-51-76-53-56(54-77-66-65(75)63(73)61(71)58(81-66)55-78-67-64(74)62(72)60(70)57(52-68)80-67)79-59(69)50-48-46-44-42-40-38-36-34-32-30-24-22-20-18-16-14-12-10-8-6-4-2/h5,7,11,13,17,19,22-25,27-28,56-58,60-68,70-75H,3-4,6,8-10,12,14-16,18,20-21,26,29-55H2,1-2H3/b7-5-,13-11-,19-17-,24-22-,25-23-,28-27-. The van der Waals surface area contributed by atoms with Crippen molar-refractivity contribution in [3.63, 3.8) is 0 Å². The van der Waals surface area contributed by atoms with E-state index in [-0.39, 0.29) is 25.6 Å². The van der Waals surface area contributed by atoms with Gasteiger partial charge in [-0.25, -0.2) is 0 Å². The number of ether oxygens (including phenoxy) is 6. The van der Waals surface area contributed by atoms with Gasteiger partial charge in [0.25, 0.3) is 0 Å². The molecule has 2 rings (SSSR count). The Kier molecular flexibility index (Phi) is 48.7. The van der Waals surface area contributed by atoms with Crippen molar-refractivity contribution >= 4 is 5.97 Å². The Morgan fingerprint density at radius 2 is 0.802 bits per heavy atom. The van der Waals surface area contributed by atoms with Crippen LogP contribution in [-0.2, 0) is 33.2 Å². The van der Waals surface area contributed by atoms with Gasteiger partial charge < -0.3 is 64.2 Å². The third-order valence-corrected chi connectivity index (χ3v) is 15.2. The highest BCUT2D eigenvalue weighted by molar-refractivity contribution is 5.69. The lowest BCUT2D eigenvalue weighted by Gasteiger charge is -2.42. The highest BCUT2D eigenvalue weighted by atomic mass is 16.7. The molecule has 0 bridgehead atoms. The summed E-state index contributed by atoms with van der Waals surface area (Å²) in [5.41, 5.74) is 0. The van der Waals surface area contributed by atoms with Crippen molar-refractivity contribution in [2.45, 2.75) is 313 Å². The number of rotatable bonds is 53. The van der Waals surface area contributed by atoms with Crippen LogP contribution in [0.4, 0.5) is 0 Å². The van der Waals surface area contributed by atoms with E-state index in [9.17, 15) is 40.5 Å². The van der Waals surface area contributed by atoms with E-state index < -0.39 is 80.7 Å². The molecule has 2 fully saturated rings. The predicted octanol–water partition coefficient (Wildman–Crippen LogP) is 13.0. The van der Waals surface area contributed by atoms with Crippen molar-refractivity contribution in [2.24, 2.45) is 0 Å². The molecule has 0 aromatic carbocycles. The molecule has 0 aromatic rings. The Morgan fingerprint density at radius 1 is 0.420 bits per heavy atom. The summed E-state index contributed by atoms with van der Waals surface area (Å²) in [5.74, 6) is -0.379. The van der Waals surface area contributed by atoms with Crippen molar-refractivity contribution < 1.29 is 69.0 Å². The predicted molar refractivity (Wildman–Crippen MR) is 325 cm³/mol. The van der Waals surface area contributed by atoms with Crippen LogP contribution in [0.3, 0.4) is 0 Å². The summed E-state index contributed by atoms with van der Waals surface area (Å²) in [6.45, 7) is 3.59. The molecule has 7 N–H and O–H groups in total. The van der Waals surface area contributed by atoms with Gasteiger partial charge in [0.15, 0.2) is 12.6 Å². The first kappa shape index (κ1) is 74.5.